The highest BCUT2D eigenvalue weighted by Crippen LogP contribution is 2.28. The Labute approximate surface area is 81.5 Å². The Hall–Kier alpha value is -1.97. The molecule has 0 fully saturated rings. The summed E-state index contributed by atoms with van der Waals surface area (Å²) in [4.78, 5) is 4.16. The number of nitrogen functional groups attached to an aromatic ring is 2. The molecule has 2 aromatic rings. The summed E-state index contributed by atoms with van der Waals surface area (Å²) in [7, 11) is 1.59. The van der Waals surface area contributed by atoms with Crippen LogP contribution in [0.4, 0.5) is 11.4 Å². The number of anilines is 2. The minimum atomic E-state index is 0.576. The molecule has 0 unspecified atom stereocenters. The van der Waals surface area contributed by atoms with Gasteiger partial charge in [-0.3, -0.25) is 4.98 Å². The fourth-order valence-electron chi connectivity index (χ4n) is 1.39. The molecule has 1 aromatic carbocycles. The Kier molecular flexibility index (Phi) is 1.89. The highest BCUT2D eigenvalue weighted by Gasteiger charge is 2.04. The van der Waals surface area contributed by atoms with Gasteiger partial charge in [0, 0.05) is 23.3 Å². The zero-order valence-corrected chi connectivity index (χ0v) is 7.82. The summed E-state index contributed by atoms with van der Waals surface area (Å²) in [5.74, 6) is 0.690. The molecule has 0 spiro atoms. The number of ether oxygens (including phenoxy) is 1. The molecule has 4 N–H and O–H groups in total. The lowest BCUT2D eigenvalue weighted by Crippen LogP contribution is -1.95. The monoisotopic (exact) mass is 189 g/mol. The van der Waals surface area contributed by atoms with E-state index in [0.717, 1.165) is 5.39 Å². The summed E-state index contributed by atoms with van der Waals surface area (Å²) in [5.41, 5.74) is 13.5. The smallest absolute Gasteiger partial charge is 0.121 e. The first-order valence-corrected chi connectivity index (χ1v) is 4.20. The number of benzene rings is 1. The zero-order chi connectivity index (χ0) is 10.1. The van der Waals surface area contributed by atoms with E-state index in [1.54, 1.807) is 25.4 Å². The summed E-state index contributed by atoms with van der Waals surface area (Å²) < 4.78 is 5.09. The lowest BCUT2D eigenvalue weighted by Gasteiger charge is -2.06. The molecular weight excluding hydrogens is 178 g/mol. The molecule has 0 bridgehead atoms. The molecule has 0 aliphatic heterocycles. The molecule has 2 rings (SSSR count). The van der Waals surface area contributed by atoms with Gasteiger partial charge in [0.2, 0.25) is 0 Å². The van der Waals surface area contributed by atoms with Crippen LogP contribution in [-0.4, -0.2) is 12.1 Å². The van der Waals surface area contributed by atoms with Crippen molar-refractivity contribution in [3.8, 4) is 5.75 Å². The summed E-state index contributed by atoms with van der Waals surface area (Å²) in [6.07, 6.45) is 1.64. The fraction of sp³-hybridized carbons (Fsp3) is 0.100. The number of methoxy groups -OCH3 is 1. The highest BCUT2D eigenvalue weighted by atomic mass is 16.5. The van der Waals surface area contributed by atoms with Crippen LogP contribution in [0.25, 0.3) is 10.9 Å². The number of pyridine rings is 1. The summed E-state index contributed by atoms with van der Waals surface area (Å²) in [6.45, 7) is 0. The predicted octanol–water partition coefficient (Wildman–Crippen LogP) is 1.41. The molecule has 0 aliphatic rings. The molecule has 0 radical (unpaired) electrons. The minimum absolute atomic E-state index is 0.576. The topological polar surface area (TPSA) is 74.2 Å². The van der Waals surface area contributed by atoms with Crippen molar-refractivity contribution >= 4 is 22.3 Å². The van der Waals surface area contributed by atoms with Gasteiger partial charge in [0.1, 0.15) is 5.75 Å². The fourth-order valence-corrected chi connectivity index (χ4v) is 1.39. The maximum Gasteiger partial charge on any atom is 0.121 e. The van der Waals surface area contributed by atoms with E-state index in [0.29, 0.717) is 22.6 Å². The van der Waals surface area contributed by atoms with Crippen LogP contribution in [-0.2, 0) is 0 Å². The molecule has 4 heteroatoms. The third-order valence-corrected chi connectivity index (χ3v) is 2.12. The molecule has 0 aliphatic carbocycles. The van der Waals surface area contributed by atoms with Gasteiger partial charge in [-0.2, -0.15) is 0 Å². The number of hydrogen-bond donors (Lipinski definition) is 2. The molecule has 1 heterocycles. The average molecular weight is 189 g/mol. The molecule has 14 heavy (non-hydrogen) atoms. The van der Waals surface area contributed by atoms with Gasteiger partial charge in [0.05, 0.1) is 18.3 Å². The van der Waals surface area contributed by atoms with Crippen LogP contribution in [0.5, 0.6) is 5.75 Å². The molecule has 0 atom stereocenters. The van der Waals surface area contributed by atoms with Gasteiger partial charge in [-0.05, 0) is 12.1 Å². The van der Waals surface area contributed by atoms with Gasteiger partial charge in [-0.1, -0.05) is 0 Å². The Bertz CT molecular complexity index is 482. The van der Waals surface area contributed by atoms with E-state index < -0.39 is 0 Å². The second-order valence-electron chi connectivity index (χ2n) is 3.01. The molecule has 0 amide bonds. The number of hydrogen-bond acceptors (Lipinski definition) is 4. The van der Waals surface area contributed by atoms with E-state index in [-0.39, 0.29) is 0 Å². The summed E-state index contributed by atoms with van der Waals surface area (Å²) >= 11 is 0. The maximum atomic E-state index is 5.80. The second-order valence-corrected chi connectivity index (χ2v) is 3.01. The van der Waals surface area contributed by atoms with Crippen LogP contribution < -0.4 is 16.2 Å². The van der Waals surface area contributed by atoms with Gasteiger partial charge in [0.25, 0.3) is 0 Å². The van der Waals surface area contributed by atoms with Crippen molar-refractivity contribution in [2.75, 3.05) is 18.6 Å². The van der Waals surface area contributed by atoms with Crippen molar-refractivity contribution < 1.29 is 4.74 Å². The largest absolute Gasteiger partial charge is 0.497 e. The van der Waals surface area contributed by atoms with Crippen molar-refractivity contribution in [2.24, 2.45) is 0 Å². The highest BCUT2D eigenvalue weighted by molar-refractivity contribution is 5.98. The Morgan fingerprint density at radius 1 is 1.21 bits per heavy atom. The first kappa shape index (κ1) is 8.62. The number of aromatic nitrogens is 1. The molecule has 0 saturated carbocycles. The average Bonchev–Trinajstić information content (AvgIpc) is 2.19. The van der Waals surface area contributed by atoms with Gasteiger partial charge in [-0.25, -0.2) is 0 Å². The number of nitrogens with zero attached hydrogens (tertiary/aromatic N) is 1. The van der Waals surface area contributed by atoms with Crippen molar-refractivity contribution in [2.45, 2.75) is 0 Å². The van der Waals surface area contributed by atoms with Gasteiger partial charge in [0.15, 0.2) is 0 Å². The first-order valence-electron chi connectivity index (χ1n) is 4.20. The van der Waals surface area contributed by atoms with E-state index >= 15 is 0 Å². The number of rotatable bonds is 1. The van der Waals surface area contributed by atoms with Crippen LogP contribution in [0.15, 0.2) is 24.4 Å². The Balaban J connectivity index is 2.83. The second kappa shape index (κ2) is 3.06. The van der Waals surface area contributed by atoms with E-state index in [1.807, 2.05) is 6.07 Å². The van der Waals surface area contributed by atoms with E-state index in [1.165, 1.54) is 0 Å². The predicted molar refractivity (Wildman–Crippen MR) is 57.1 cm³/mol. The molecule has 72 valence electrons. The van der Waals surface area contributed by atoms with Gasteiger partial charge >= 0.3 is 0 Å². The molecule has 4 nitrogen and oxygen atoms in total. The van der Waals surface area contributed by atoms with Crippen molar-refractivity contribution in [3.05, 3.63) is 24.4 Å². The number of nitrogens with two attached hydrogens (primary N) is 2. The maximum absolute atomic E-state index is 5.80. The van der Waals surface area contributed by atoms with Crippen molar-refractivity contribution in [1.82, 2.24) is 4.98 Å². The third-order valence-electron chi connectivity index (χ3n) is 2.12. The van der Waals surface area contributed by atoms with Crippen LogP contribution in [0, 0.1) is 0 Å². The third kappa shape index (κ3) is 1.21. The van der Waals surface area contributed by atoms with E-state index in [9.17, 15) is 0 Å². The summed E-state index contributed by atoms with van der Waals surface area (Å²) in [6, 6.07) is 5.30. The lowest BCUT2D eigenvalue weighted by molar-refractivity contribution is 0.415. The van der Waals surface area contributed by atoms with Crippen molar-refractivity contribution in [1.29, 1.82) is 0 Å². The molecule has 0 saturated heterocycles. The van der Waals surface area contributed by atoms with E-state index in [4.69, 9.17) is 16.2 Å². The van der Waals surface area contributed by atoms with Gasteiger partial charge in [-0.15, -0.1) is 0 Å². The standard InChI is InChI=1S/C10H11N3O/c1-14-6-4-7-8(11)2-3-13-10(7)9(12)5-6/h2-5H,12H2,1H3,(H2,11,13). The van der Waals surface area contributed by atoms with Crippen LogP contribution in [0.1, 0.15) is 0 Å². The molecule has 1 aromatic heterocycles. The molecular formula is C10H11N3O. The van der Waals surface area contributed by atoms with Crippen LogP contribution >= 0.6 is 0 Å². The zero-order valence-electron chi connectivity index (χ0n) is 7.82. The normalized spacial score (nSPS) is 10.4. The first-order chi connectivity index (χ1) is 6.72. The Morgan fingerprint density at radius 3 is 2.71 bits per heavy atom. The summed E-state index contributed by atoms with van der Waals surface area (Å²) in [5, 5.41) is 0.823. The number of fused-ring (bicyclic) bond motifs is 1. The SMILES string of the molecule is COc1cc(N)c2nccc(N)c2c1. The quantitative estimate of drug-likeness (QED) is 0.665. The minimum Gasteiger partial charge on any atom is -0.497 e. The van der Waals surface area contributed by atoms with E-state index in [2.05, 4.69) is 4.98 Å². The van der Waals surface area contributed by atoms with Crippen LogP contribution in [0.2, 0.25) is 0 Å². The van der Waals surface area contributed by atoms with Crippen LogP contribution in [0.3, 0.4) is 0 Å². The lowest BCUT2D eigenvalue weighted by atomic mass is 10.1. The Morgan fingerprint density at radius 2 is 2.00 bits per heavy atom. The van der Waals surface area contributed by atoms with Gasteiger partial charge < -0.3 is 16.2 Å². The van der Waals surface area contributed by atoms with Crippen molar-refractivity contribution in [3.63, 3.8) is 0 Å².